The van der Waals surface area contributed by atoms with Crippen molar-refractivity contribution in [1.82, 2.24) is 9.80 Å². The van der Waals surface area contributed by atoms with Gasteiger partial charge in [0.05, 0.1) is 4.92 Å². The molecule has 1 saturated carbocycles. The molecule has 7 heteroatoms. The van der Waals surface area contributed by atoms with Crippen LogP contribution in [-0.2, 0) is 4.79 Å². The first-order valence-electron chi connectivity index (χ1n) is 10.6. The minimum absolute atomic E-state index is 0.0528. The lowest BCUT2D eigenvalue weighted by atomic mass is 9.94. The Morgan fingerprint density at radius 3 is 2.21 bits per heavy atom. The molecule has 0 spiro atoms. The molecular weight excluding hydrogens is 356 g/mol. The van der Waals surface area contributed by atoms with Gasteiger partial charge in [0.15, 0.2) is 0 Å². The molecule has 4 rings (SSSR count). The van der Waals surface area contributed by atoms with Crippen molar-refractivity contribution in [2.45, 2.75) is 44.6 Å². The number of carbonyl (C=O) groups excluding carboxylic acids is 1. The molecule has 2 aliphatic heterocycles. The van der Waals surface area contributed by atoms with E-state index in [-0.39, 0.29) is 22.4 Å². The Morgan fingerprint density at radius 2 is 1.57 bits per heavy atom. The maximum absolute atomic E-state index is 13.0. The second-order valence-corrected chi connectivity index (χ2v) is 8.31. The van der Waals surface area contributed by atoms with Crippen molar-refractivity contribution in [3.05, 3.63) is 34.4 Å². The highest BCUT2D eigenvalue weighted by atomic mass is 16.6. The molecule has 0 atom stereocenters. The lowest BCUT2D eigenvalue weighted by molar-refractivity contribution is -0.384. The van der Waals surface area contributed by atoms with Crippen molar-refractivity contribution in [2.75, 3.05) is 44.2 Å². The highest BCUT2D eigenvalue weighted by molar-refractivity contribution is 5.79. The molecule has 2 saturated heterocycles. The number of hydrogen-bond donors (Lipinski definition) is 0. The quantitative estimate of drug-likeness (QED) is 0.588. The van der Waals surface area contributed by atoms with Crippen molar-refractivity contribution in [1.29, 1.82) is 0 Å². The standard InChI is InChI=1S/C21H30N4O3/c26-21(24-15-13-22(14-16-24)18-5-1-2-6-18)17-9-11-23(12-10-17)19-7-3-4-8-20(19)25(27)28/h3-4,7-8,17-18H,1-2,5-6,9-16H2. The van der Waals surface area contributed by atoms with E-state index in [1.54, 1.807) is 12.1 Å². The summed E-state index contributed by atoms with van der Waals surface area (Å²) in [5.41, 5.74) is 0.818. The zero-order chi connectivity index (χ0) is 19.5. The van der Waals surface area contributed by atoms with E-state index in [0.29, 0.717) is 18.8 Å². The van der Waals surface area contributed by atoms with E-state index in [1.807, 2.05) is 12.1 Å². The summed E-state index contributed by atoms with van der Waals surface area (Å²) in [5.74, 6) is 0.338. The number of nitrogens with zero attached hydrogens (tertiary/aromatic N) is 4. The van der Waals surface area contributed by atoms with Crippen molar-refractivity contribution < 1.29 is 9.72 Å². The van der Waals surface area contributed by atoms with E-state index in [0.717, 1.165) is 45.1 Å². The predicted octanol–water partition coefficient (Wildman–Crippen LogP) is 2.90. The number of piperidine rings is 1. The summed E-state index contributed by atoms with van der Waals surface area (Å²) < 4.78 is 0. The number of piperazine rings is 1. The zero-order valence-corrected chi connectivity index (χ0v) is 16.5. The number of hydrogen-bond acceptors (Lipinski definition) is 5. The van der Waals surface area contributed by atoms with Gasteiger partial charge in [-0.15, -0.1) is 0 Å². The predicted molar refractivity (Wildman–Crippen MR) is 108 cm³/mol. The molecule has 3 fully saturated rings. The summed E-state index contributed by atoms with van der Waals surface area (Å²) in [5, 5.41) is 11.3. The summed E-state index contributed by atoms with van der Waals surface area (Å²) in [6.07, 6.45) is 6.88. The highest BCUT2D eigenvalue weighted by Gasteiger charge is 2.33. The minimum Gasteiger partial charge on any atom is -0.366 e. The fraction of sp³-hybridized carbons (Fsp3) is 0.667. The Balaban J connectivity index is 1.29. The molecule has 1 aromatic rings. The van der Waals surface area contributed by atoms with E-state index < -0.39 is 0 Å². The van der Waals surface area contributed by atoms with Gasteiger partial charge in [0.25, 0.3) is 5.69 Å². The Labute approximate surface area is 166 Å². The van der Waals surface area contributed by atoms with Crippen LogP contribution < -0.4 is 4.90 Å². The second kappa shape index (κ2) is 8.47. The van der Waals surface area contributed by atoms with Crippen LogP contribution in [0.25, 0.3) is 0 Å². The second-order valence-electron chi connectivity index (χ2n) is 8.31. The third-order valence-corrected chi connectivity index (χ3v) is 6.73. The Kier molecular flexibility index (Phi) is 5.80. The Bertz CT molecular complexity index is 703. The lowest BCUT2D eigenvalue weighted by Gasteiger charge is -2.40. The SMILES string of the molecule is O=C(C1CCN(c2ccccc2[N+](=O)[O-])CC1)N1CCN(C2CCCC2)CC1. The van der Waals surface area contributed by atoms with E-state index >= 15 is 0 Å². The topological polar surface area (TPSA) is 69.9 Å². The summed E-state index contributed by atoms with van der Waals surface area (Å²) in [7, 11) is 0. The molecule has 152 valence electrons. The van der Waals surface area contributed by atoms with E-state index in [2.05, 4.69) is 14.7 Å². The molecular formula is C21H30N4O3. The maximum Gasteiger partial charge on any atom is 0.292 e. The average Bonchev–Trinajstić information content (AvgIpc) is 3.28. The normalized spacial score (nSPS) is 22.6. The fourth-order valence-electron chi connectivity index (χ4n) is 5.09. The first-order chi connectivity index (χ1) is 13.6. The molecule has 1 amide bonds. The third kappa shape index (κ3) is 3.99. The smallest absolute Gasteiger partial charge is 0.292 e. The van der Waals surface area contributed by atoms with Gasteiger partial charge in [0.2, 0.25) is 5.91 Å². The number of rotatable bonds is 4. The van der Waals surface area contributed by atoms with E-state index in [9.17, 15) is 14.9 Å². The number of nitro benzene ring substituents is 1. The minimum atomic E-state index is -0.323. The van der Waals surface area contributed by atoms with Gasteiger partial charge >= 0.3 is 0 Å². The van der Waals surface area contributed by atoms with E-state index in [4.69, 9.17) is 0 Å². The van der Waals surface area contributed by atoms with Gasteiger partial charge in [-0.2, -0.15) is 0 Å². The van der Waals surface area contributed by atoms with Gasteiger partial charge in [-0.1, -0.05) is 25.0 Å². The number of carbonyl (C=O) groups is 1. The highest BCUT2D eigenvalue weighted by Crippen LogP contribution is 2.32. The van der Waals surface area contributed by atoms with Crippen LogP contribution in [-0.4, -0.2) is 65.9 Å². The number of benzene rings is 1. The number of nitro groups is 1. The van der Waals surface area contributed by atoms with Crippen molar-refractivity contribution >= 4 is 17.3 Å². The summed E-state index contributed by atoms with van der Waals surface area (Å²) in [6.45, 7) is 5.10. The van der Waals surface area contributed by atoms with Gasteiger partial charge < -0.3 is 9.80 Å². The first-order valence-corrected chi connectivity index (χ1v) is 10.6. The van der Waals surface area contributed by atoms with Crippen LogP contribution in [0.1, 0.15) is 38.5 Å². The molecule has 1 aromatic carbocycles. The Hall–Kier alpha value is -2.15. The van der Waals surface area contributed by atoms with Crippen LogP contribution in [0.3, 0.4) is 0 Å². The molecule has 7 nitrogen and oxygen atoms in total. The maximum atomic E-state index is 13.0. The molecule has 28 heavy (non-hydrogen) atoms. The summed E-state index contributed by atoms with van der Waals surface area (Å²) in [6, 6.07) is 7.63. The van der Waals surface area contributed by atoms with Crippen LogP contribution in [0.15, 0.2) is 24.3 Å². The van der Waals surface area contributed by atoms with Crippen molar-refractivity contribution in [3.8, 4) is 0 Å². The molecule has 2 heterocycles. The molecule has 0 bridgehead atoms. The largest absolute Gasteiger partial charge is 0.366 e. The zero-order valence-electron chi connectivity index (χ0n) is 16.5. The van der Waals surface area contributed by atoms with Crippen LogP contribution in [0.5, 0.6) is 0 Å². The van der Waals surface area contributed by atoms with Gasteiger partial charge in [-0.25, -0.2) is 0 Å². The van der Waals surface area contributed by atoms with Crippen LogP contribution >= 0.6 is 0 Å². The molecule has 0 unspecified atom stereocenters. The van der Waals surface area contributed by atoms with E-state index in [1.165, 1.54) is 25.7 Å². The monoisotopic (exact) mass is 386 g/mol. The molecule has 3 aliphatic rings. The molecule has 0 aromatic heterocycles. The van der Waals surface area contributed by atoms with Crippen molar-refractivity contribution in [3.63, 3.8) is 0 Å². The summed E-state index contributed by atoms with van der Waals surface area (Å²) in [4.78, 5) is 30.6. The number of anilines is 1. The number of amides is 1. The number of para-hydroxylation sites is 2. The average molecular weight is 386 g/mol. The summed E-state index contributed by atoms with van der Waals surface area (Å²) >= 11 is 0. The van der Waals surface area contributed by atoms with Gasteiger partial charge in [0.1, 0.15) is 5.69 Å². The van der Waals surface area contributed by atoms with Crippen molar-refractivity contribution in [2.24, 2.45) is 5.92 Å². The molecule has 1 aliphatic carbocycles. The third-order valence-electron chi connectivity index (χ3n) is 6.73. The fourth-order valence-corrected chi connectivity index (χ4v) is 5.09. The van der Waals surface area contributed by atoms with Gasteiger partial charge in [-0.05, 0) is 31.7 Å². The molecule has 0 N–H and O–H groups in total. The van der Waals surface area contributed by atoms with Crippen LogP contribution in [0.2, 0.25) is 0 Å². The van der Waals surface area contributed by atoms with Gasteiger partial charge in [0, 0.05) is 57.3 Å². The first kappa shape index (κ1) is 19.2. The van der Waals surface area contributed by atoms with Crippen LogP contribution in [0, 0.1) is 16.0 Å². The van der Waals surface area contributed by atoms with Crippen LogP contribution in [0.4, 0.5) is 11.4 Å². The lowest BCUT2D eigenvalue weighted by Crippen LogP contribution is -2.53. The van der Waals surface area contributed by atoms with Gasteiger partial charge in [-0.3, -0.25) is 19.8 Å². The molecule has 0 radical (unpaired) electrons. The Morgan fingerprint density at radius 1 is 0.929 bits per heavy atom.